The summed E-state index contributed by atoms with van der Waals surface area (Å²) >= 11 is 0. The van der Waals surface area contributed by atoms with E-state index in [9.17, 15) is 9.59 Å². The number of rotatable bonds is 6. The van der Waals surface area contributed by atoms with E-state index in [2.05, 4.69) is 30.7 Å². The van der Waals surface area contributed by atoms with Crippen LogP contribution in [-0.2, 0) is 0 Å². The van der Waals surface area contributed by atoms with Crippen LogP contribution < -0.4 is 20.3 Å². The molecule has 9 nitrogen and oxygen atoms in total. The van der Waals surface area contributed by atoms with E-state index >= 15 is 0 Å². The number of methoxy groups -OCH3 is 1. The van der Waals surface area contributed by atoms with Crippen molar-refractivity contribution < 1.29 is 14.3 Å². The Hall–Kier alpha value is -3.88. The number of carbonyl (C=O) groups excluding carboxylic acids is 2. The van der Waals surface area contributed by atoms with Crippen molar-refractivity contribution in [1.82, 2.24) is 15.2 Å². The molecule has 0 aliphatic carbocycles. The van der Waals surface area contributed by atoms with E-state index in [4.69, 9.17) is 4.74 Å². The van der Waals surface area contributed by atoms with Crippen molar-refractivity contribution in [2.24, 2.45) is 0 Å². The van der Waals surface area contributed by atoms with E-state index in [-0.39, 0.29) is 11.9 Å². The molecule has 9 heteroatoms. The van der Waals surface area contributed by atoms with Crippen LogP contribution >= 0.6 is 0 Å². The van der Waals surface area contributed by atoms with E-state index in [1.54, 1.807) is 55.6 Å². The van der Waals surface area contributed by atoms with Gasteiger partial charge in [0.15, 0.2) is 0 Å². The number of anilines is 3. The van der Waals surface area contributed by atoms with E-state index < -0.39 is 5.91 Å². The van der Waals surface area contributed by atoms with Crippen LogP contribution in [0.3, 0.4) is 0 Å². The molecule has 2 heterocycles. The highest BCUT2D eigenvalue weighted by atomic mass is 16.5. The SMILES string of the molecule is COc1ccc(C(=O)Nc2ccccc2C(=O)Nc2nc(N3CCCCC3)n[nH]2)cc1. The summed E-state index contributed by atoms with van der Waals surface area (Å²) in [7, 11) is 1.56. The third-order valence-corrected chi connectivity index (χ3v) is 5.12. The lowest BCUT2D eigenvalue weighted by molar-refractivity contribution is 0.102. The lowest BCUT2D eigenvalue weighted by Crippen LogP contribution is -2.30. The lowest BCUT2D eigenvalue weighted by atomic mass is 10.1. The zero-order chi connectivity index (χ0) is 21.6. The second-order valence-corrected chi connectivity index (χ2v) is 7.21. The summed E-state index contributed by atoms with van der Waals surface area (Å²) in [6.45, 7) is 1.82. The van der Waals surface area contributed by atoms with Crippen LogP contribution in [0.25, 0.3) is 0 Å². The van der Waals surface area contributed by atoms with Gasteiger partial charge in [0.25, 0.3) is 11.8 Å². The van der Waals surface area contributed by atoms with E-state index in [0.29, 0.717) is 28.5 Å². The molecule has 1 saturated heterocycles. The molecule has 1 aliphatic rings. The van der Waals surface area contributed by atoms with E-state index in [1.807, 2.05) is 0 Å². The predicted octanol–water partition coefficient (Wildman–Crippen LogP) is 3.31. The van der Waals surface area contributed by atoms with Gasteiger partial charge in [0.1, 0.15) is 5.75 Å². The van der Waals surface area contributed by atoms with Crippen molar-refractivity contribution in [1.29, 1.82) is 0 Å². The minimum atomic E-state index is -0.396. The molecule has 1 aliphatic heterocycles. The van der Waals surface area contributed by atoms with Gasteiger partial charge in [0, 0.05) is 18.7 Å². The van der Waals surface area contributed by atoms with Gasteiger partial charge in [-0.05, 0) is 55.7 Å². The monoisotopic (exact) mass is 420 g/mol. The van der Waals surface area contributed by atoms with Crippen molar-refractivity contribution >= 4 is 29.4 Å². The molecule has 2 aromatic carbocycles. The number of nitrogens with zero attached hydrogens (tertiary/aromatic N) is 3. The van der Waals surface area contributed by atoms with Gasteiger partial charge in [-0.1, -0.05) is 12.1 Å². The van der Waals surface area contributed by atoms with Gasteiger partial charge in [-0.2, -0.15) is 4.98 Å². The summed E-state index contributed by atoms with van der Waals surface area (Å²) < 4.78 is 5.11. The summed E-state index contributed by atoms with van der Waals surface area (Å²) in [5.74, 6) is 0.784. The number of benzene rings is 2. The Morgan fingerprint density at radius 1 is 0.968 bits per heavy atom. The maximum Gasteiger partial charge on any atom is 0.260 e. The van der Waals surface area contributed by atoms with Crippen molar-refractivity contribution in [2.45, 2.75) is 19.3 Å². The molecule has 0 bridgehead atoms. The molecule has 0 spiro atoms. The number of H-pyrrole nitrogens is 1. The molecule has 0 atom stereocenters. The minimum absolute atomic E-state index is 0.266. The first-order valence-corrected chi connectivity index (χ1v) is 10.2. The largest absolute Gasteiger partial charge is 0.497 e. The molecule has 4 rings (SSSR count). The molecular formula is C22H24N6O3. The van der Waals surface area contributed by atoms with Gasteiger partial charge in [0.2, 0.25) is 11.9 Å². The Morgan fingerprint density at radius 2 is 1.71 bits per heavy atom. The second-order valence-electron chi connectivity index (χ2n) is 7.21. The standard InChI is InChI=1S/C22H24N6O3/c1-31-16-11-9-15(10-12-16)19(29)23-18-8-4-3-7-17(18)20(30)24-21-25-22(27-26-21)28-13-5-2-6-14-28/h3-4,7-12H,2,5-6,13-14H2,1H3,(H,23,29)(H2,24,25,26,27,30). The highest BCUT2D eigenvalue weighted by Gasteiger charge is 2.18. The number of hydrogen-bond donors (Lipinski definition) is 3. The number of nitrogens with one attached hydrogen (secondary N) is 3. The van der Waals surface area contributed by atoms with Crippen LogP contribution in [-0.4, -0.2) is 47.2 Å². The second kappa shape index (κ2) is 9.29. The van der Waals surface area contributed by atoms with Crippen LogP contribution in [0.15, 0.2) is 48.5 Å². The lowest BCUT2D eigenvalue weighted by Gasteiger charge is -2.24. The number of aromatic amines is 1. The summed E-state index contributed by atoms with van der Waals surface area (Å²) in [4.78, 5) is 31.9. The summed E-state index contributed by atoms with van der Waals surface area (Å²) in [5, 5.41) is 12.5. The van der Waals surface area contributed by atoms with Crippen LogP contribution in [0.2, 0.25) is 0 Å². The minimum Gasteiger partial charge on any atom is -0.497 e. The molecule has 1 fully saturated rings. The van der Waals surface area contributed by atoms with Crippen LogP contribution in [0.4, 0.5) is 17.6 Å². The fraction of sp³-hybridized carbons (Fsp3) is 0.273. The molecule has 2 amide bonds. The van der Waals surface area contributed by atoms with Gasteiger partial charge < -0.3 is 15.0 Å². The molecule has 3 aromatic rings. The number of para-hydroxylation sites is 1. The van der Waals surface area contributed by atoms with Crippen molar-refractivity contribution in [3.63, 3.8) is 0 Å². The zero-order valence-corrected chi connectivity index (χ0v) is 17.2. The number of ether oxygens (including phenoxy) is 1. The van der Waals surface area contributed by atoms with Gasteiger partial charge in [-0.15, -0.1) is 5.10 Å². The zero-order valence-electron chi connectivity index (χ0n) is 17.2. The van der Waals surface area contributed by atoms with E-state index in [1.165, 1.54) is 6.42 Å². The topological polar surface area (TPSA) is 112 Å². The third-order valence-electron chi connectivity index (χ3n) is 5.12. The smallest absolute Gasteiger partial charge is 0.260 e. The molecular weight excluding hydrogens is 396 g/mol. The number of hydrogen-bond acceptors (Lipinski definition) is 6. The molecule has 1 aromatic heterocycles. The maximum absolute atomic E-state index is 12.8. The average Bonchev–Trinajstić information content (AvgIpc) is 3.28. The highest BCUT2D eigenvalue weighted by Crippen LogP contribution is 2.20. The van der Waals surface area contributed by atoms with Gasteiger partial charge in [-0.25, -0.2) is 5.10 Å². The summed E-state index contributed by atoms with van der Waals surface area (Å²) in [5.41, 5.74) is 1.18. The highest BCUT2D eigenvalue weighted by molar-refractivity contribution is 6.12. The quantitative estimate of drug-likeness (QED) is 0.564. The average molecular weight is 420 g/mol. The Kier molecular flexibility index (Phi) is 6.11. The number of aromatic nitrogens is 3. The molecule has 0 saturated carbocycles. The van der Waals surface area contributed by atoms with Crippen molar-refractivity contribution in [3.05, 3.63) is 59.7 Å². The third kappa shape index (κ3) is 4.82. The van der Waals surface area contributed by atoms with Gasteiger partial charge >= 0.3 is 0 Å². The van der Waals surface area contributed by atoms with Crippen LogP contribution in [0.1, 0.15) is 40.0 Å². The summed E-state index contributed by atoms with van der Waals surface area (Å²) in [6, 6.07) is 13.5. The Morgan fingerprint density at radius 3 is 2.45 bits per heavy atom. The molecule has 31 heavy (non-hydrogen) atoms. The van der Waals surface area contributed by atoms with E-state index in [0.717, 1.165) is 25.9 Å². The maximum atomic E-state index is 12.8. The molecule has 3 N–H and O–H groups in total. The predicted molar refractivity (Wildman–Crippen MR) is 118 cm³/mol. The van der Waals surface area contributed by atoms with Crippen molar-refractivity contribution in [2.75, 3.05) is 35.7 Å². The first-order valence-electron chi connectivity index (χ1n) is 10.2. The van der Waals surface area contributed by atoms with Gasteiger partial charge in [-0.3, -0.25) is 14.9 Å². The van der Waals surface area contributed by atoms with Crippen molar-refractivity contribution in [3.8, 4) is 5.75 Å². The first kappa shape index (κ1) is 20.4. The Labute approximate surface area is 179 Å². The van der Waals surface area contributed by atoms with Crippen LogP contribution in [0, 0.1) is 0 Å². The first-order chi connectivity index (χ1) is 15.1. The number of piperidine rings is 1. The molecule has 160 valence electrons. The normalized spacial score (nSPS) is 13.5. The molecule has 0 unspecified atom stereocenters. The number of amides is 2. The fourth-order valence-electron chi connectivity index (χ4n) is 3.45. The fourth-order valence-corrected chi connectivity index (χ4v) is 3.45. The van der Waals surface area contributed by atoms with Crippen LogP contribution in [0.5, 0.6) is 5.75 Å². The Balaban J connectivity index is 1.45. The molecule has 0 radical (unpaired) electrons. The Bertz CT molecular complexity index is 1060. The van der Waals surface area contributed by atoms with Gasteiger partial charge in [0.05, 0.1) is 18.4 Å². The number of carbonyl (C=O) groups is 2. The summed E-state index contributed by atoms with van der Waals surface area (Å²) in [6.07, 6.45) is 3.43.